The van der Waals surface area contributed by atoms with Crippen molar-refractivity contribution in [3.8, 4) is 0 Å². The van der Waals surface area contributed by atoms with E-state index in [-0.39, 0.29) is 12.1 Å². The predicted molar refractivity (Wildman–Crippen MR) is 83.2 cm³/mol. The van der Waals surface area contributed by atoms with Gasteiger partial charge < -0.3 is 14.4 Å². The number of amides is 2. The topological polar surface area (TPSA) is 59.1 Å². The highest BCUT2D eigenvalue weighted by molar-refractivity contribution is 6.30. The number of benzene rings is 1. The first-order chi connectivity index (χ1) is 10.5. The van der Waals surface area contributed by atoms with E-state index in [4.69, 9.17) is 21.1 Å². The standard InChI is InChI=1S/C15H19ClN2O4/c1-17(11-6-4-10(16)5-7-11)15(20)18-9-12(21-2)8-13(18)14(19)22-3/h4-7,12-13H,8-9H2,1-3H3/t12-,13?/m1/s1. The Bertz CT molecular complexity index is 549. The van der Waals surface area contributed by atoms with Crippen LogP contribution in [0.4, 0.5) is 10.5 Å². The van der Waals surface area contributed by atoms with Crippen molar-refractivity contribution < 1.29 is 19.1 Å². The van der Waals surface area contributed by atoms with E-state index in [2.05, 4.69) is 0 Å². The molecule has 1 aliphatic rings. The van der Waals surface area contributed by atoms with Gasteiger partial charge in [-0.05, 0) is 24.3 Å². The molecule has 22 heavy (non-hydrogen) atoms. The number of nitrogens with zero attached hydrogens (tertiary/aromatic N) is 2. The summed E-state index contributed by atoms with van der Waals surface area (Å²) in [5, 5.41) is 0.595. The third-order valence-corrected chi connectivity index (χ3v) is 4.07. The first kappa shape index (κ1) is 16.6. The SMILES string of the molecule is COC(=O)C1C[C@@H](OC)CN1C(=O)N(C)c1ccc(Cl)cc1. The Hall–Kier alpha value is -1.79. The zero-order valence-corrected chi connectivity index (χ0v) is 13.5. The van der Waals surface area contributed by atoms with Gasteiger partial charge in [-0.2, -0.15) is 0 Å². The van der Waals surface area contributed by atoms with Crippen LogP contribution in [0.1, 0.15) is 6.42 Å². The number of likely N-dealkylation sites (tertiary alicyclic amines) is 1. The number of methoxy groups -OCH3 is 2. The summed E-state index contributed by atoms with van der Waals surface area (Å²) in [5.41, 5.74) is 0.693. The fourth-order valence-electron chi connectivity index (χ4n) is 2.51. The first-order valence-corrected chi connectivity index (χ1v) is 7.26. The molecule has 0 aliphatic carbocycles. The normalized spacial score (nSPS) is 20.8. The second-order valence-electron chi connectivity index (χ2n) is 5.10. The zero-order valence-electron chi connectivity index (χ0n) is 12.8. The zero-order chi connectivity index (χ0) is 16.3. The van der Waals surface area contributed by atoms with E-state index < -0.39 is 12.0 Å². The number of carbonyl (C=O) groups excluding carboxylic acids is 2. The minimum absolute atomic E-state index is 0.174. The number of esters is 1. The number of urea groups is 1. The third kappa shape index (κ3) is 3.34. The number of halogens is 1. The molecule has 2 rings (SSSR count). The molecule has 1 aromatic rings. The maximum Gasteiger partial charge on any atom is 0.328 e. The van der Waals surface area contributed by atoms with Gasteiger partial charge in [0.2, 0.25) is 0 Å². The van der Waals surface area contributed by atoms with Crippen molar-refractivity contribution >= 4 is 29.3 Å². The Morgan fingerprint density at radius 3 is 2.45 bits per heavy atom. The van der Waals surface area contributed by atoms with Gasteiger partial charge in [0, 0.05) is 37.8 Å². The maximum absolute atomic E-state index is 12.7. The lowest BCUT2D eigenvalue weighted by atomic mass is 10.2. The lowest BCUT2D eigenvalue weighted by Crippen LogP contribution is -2.47. The average molecular weight is 327 g/mol. The lowest BCUT2D eigenvalue weighted by molar-refractivity contribution is -0.145. The van der Waals surface area contributed by atoms with Crippen molar-refractivity contribution in [2.75, 3.05) is 32.7 Å². The van der Waals surface area contributed by atoms with Crippen molar-refractivity contribution in [1.29, 1.82) is 0 Å². The molecule has 2 amide bonds. The van der Waals surface area contributed by atoms with E-state index in [1.807, 2.05) is 0 Å². The summed E-state index contributed by atoms with van der Waals surface area (Å²) in [5.74, 6) is -0.433. The van der Waals surface area contributed by atoms with Crippen LogP contribution in [0.5, 0.6) is 0 Å². The van der Waals surface area contributed by atoms with Crippen LogP contribution in [-0.2, 0) is 14.3 Å². The number of anilines is 1. The molecule has 1 aliphatic heterocycles. The van der Waals surface area contributed by atoms with E-state index in [1.54, 1.807) is 38.4 Å². The van der Waals surface area contributed by atoms with Gasteiger partial charge in [0.1, 0.15) is 6.04 Å². The van der Waals surface area contributed by atoms with Gasteiger partial charge in [-0.15, -0.1) is 0 Å². The van der Waals surface area contributed by atoms with Crippen LogP contribution in [-0.4, -0.2) is 56.9 Å². The second kappa shape index (κ2) is 6.98. The van der Waals surface area contributed by atoms with Gasteiger partial charge in [0.05, 0.1) is 13.2 Å². The second-order valence-corrected chi connectivity index (χ2v) is 5.54. The fourth-order valence-corrected chi connectivity index (χ4v) is 2.63. The Labute approximate surface area is 134 Å². The summed E-state index contributed by atoms with van der Waals surface area (Å²) in [6, 6.07) is 6.00. The van der Waals surface area contributed by atoms with Crippen molar-refractivity contribution in [1.82, 2.24) is 4.90 Å². The van der Waals surface area contributed by atoms with Gasteiger partial charge in [-0.25, -0.2) is 9.59 Å². The molecule has 0 radical (unpaired) electrons. The molecular weight excluding hydrogens is 308 g/mol. The lowest BCUT2D eigenvalue weighted by Gasteiger charge is -2.28. The number of carbonyl (C=O) groups is 2. The first-order valence-electron chi connectivity index (χ1n) is 6.88. The average Bonchev–Trinajstić information content (AvgIpc) is 2.97. The quantitative estimate of drug-likeness (QED) is 0.799. The molecule has 1 fully saturated rings. The summed E-state index contributed by atoms with van der Waals surface area (Å²) >= 11 is 5.85. The highest BCUT2D eigenvalue weighted by Gasteiger charge is 2.41. The molecule has 0 N–H and O–H groups in total. The Kier molecular flexibility index (Phi) is 5.26. The molecule has 7 heteroatoms. The molecule has 0 bridgehead atoms. The molecule has 6 nitrogen and oxygen atoms in total. The van der Waals surface area contributed by atoms with E-state index >= 15 is 0 Å². The molecule has 1 saturated heterocycles. The third-order valence-electron chi connectivity index (χ3n) is 3.82. The van der Waals surface area contributed by atoms with E-state index in [0.29, 0.717) is 23.7 Å². The molecule has 2 atom stereocenters. The molecule has 1 aromatic carbocycles. The smallest absolute Gasteiger partial charge is 0.328 e. The monoisotopic (exact) mass is 326 g/mol. The van der Waals surface area contributed by atoms with E-state index in [0.717, 1.165) is 0 Å². The summed E-state index contributed by atoms with van der Waals surface area (Å²) in [4.78, 5) is 27.5. The van der Waals surface area contributed by atoms with Crippen LogP contribution in [0, 0.1) is 0 Å². The predicted octanol–water partition coefficient (Wildman–Crippen LogP) is 2.16. The van der Waals surface area contributed by atoms with E-state index in [9.17, 15) is 9.59 Å². The van der Waals surface area contributed by atoms with Crippen LogP contribution >= 0.6 is 11.6 Å². The van der Waals surface area contributed by atoms with Crippen molar-refractivity contribution in [2.45, 2.75) is 18.6 Å². The highest BCUT2D eigenvalue weighted by Crippen LogP contribution is 2.25. The summed E-state index contributed by atoms with van der Waals surface area (Å²) in [6.07, 6.45) is 0.260. The largest absolute Gasteiger partial charge is 0.467 e. The highest BCUT2D eigenvalue weighted by atomic mass is 35.5. The molecule has 1 heterocycles. The summed E-state index contributed by atoms with van der Waals surface area (Å²) in [7, 11) is 4.53. The van der Waals surface area contributed by atoms with Crippen LogP contribution in [0.3, 0.4) is 0 Å². The molecular formula is C15H19ClN2O4. The van der Waals surface area contributed by atoms with Gasteiger partial charge >= 0.3 is 12.0 Å². The van der Waals surface area contributed by atoms with Gasteiger partial charge in [0.25, 0.3) is 0 Å². The number of rotatable bonds is 3. The van der Waals surface area contributed by atoms with E-state index in [1.165, 1.54) is 16.9 Å². The molecule has 120 valence electrons. The molecule has 0 spiro atoms. The Balaban J connectivity index is 2.18. The van der Waals surface area contributed by atoms with Crippen molar-refractivity contribution in [3.63, 3.8) is 0 Å². The number of ether oxygens (including phenoxy) is 2. The Morgan fingerprint density at radius 1 is 1.27 bits per heavy atom. The summed E-state index contributed by atoms with van der Waals surface area (Å²) < 4.78 is 10.1. The van der Waals surface area contributed by atoms with Gasteiger partial charge in [0.15, 0.2) is 0 Å². The van der Waals surface area contributed by atoms with Crippen LogP contribution < -0.4 is 4.90 Å². The Morgan fingerprint density at radius 2 is 1.91 bits per heavy atom. The number of hydrogen-bond donors (Lipinski definition) is 0. The van der Waals surface area contributed by atoms with Crippen molar-refractivity contribution in [3.05, 3.63) is 29.3 Å². The summed E-state index contributed by atoms with van der Waals surface area (Å²) in [6.45, 7) is 0.354. The van der Waals surface area contributed by atoms with Gasteiger partial charge in [-0.1, -0.05) is 11.6 Å². The molecule has 0 aromatic heterocycles. The van der Waals surface area contributed by atoms with Crippen molar-refractivity contribution in [2.24, 2.45) is 0 Å². The van der Waals surface area contributed by atoms with Crippen LogP contribution in [0.2, 0.25) is 5.02 Å². The fraction of sp³-hybridized carbons (Fsp3) is 0.467. The minimum atomic E-state index is -0.628. The molecule has 1 unspecified atom stereocenters. The number of hydrogen-bond acceptors (Lipinski definition) is 4. The minimum Gasteiger partial charge on any atom is -0.467 e. The van der Waals surface area contributed by atoms with Crippen LogP contribution in [0.25, 0.3) is 0 Å². The van der Waals surface area contributed by atoms with Gasteiger partial charge in [-0.3, -0.25) is 4.90 Å². The molecule has 0 saturated carbocycles. The maximum atomic E-state index is 12.7. The van der Waals surface area contributed by atoms with Crippen LogP contribution in [0.15, 0.2) is 24.3 Å².